The fourth-order valence-corrected chi connectivity index (χ4v) is 7.04. The van der Waals surface area contributed by atoms with Crippen molar-refractivity contribution in [3.05, 3.63) is 88.2 Å². The molecule has 0 saturated heterocycles. The van der Waals surface area contributed by atoms with Gasteiger partial charge in [-0.15, -0.1) is 5.75 Å². The molecule has 0 spiro atoms. The Morgan fingerprint density at radius 1 is 1.04 bits per heavy atom. The summed E-state index contributed by atoms with van der Waals surface area (Å²) >= 11 is 0. The van der Waals surface area contributed by atoms with Crippen molar-refractivity contribution >= 4 is 30.6 Å². The van der Waals surface area contributed by atoms with Gasteiger partial charge in [0.15, 0.2) is 5.78 Å². The third-order valence-electron chi connectivity index (χ3n) is 5.29. The smallest absolute Gasteiger partial charge is 0.336 e. The van der Waals surface area contributed by atoms with E-state index in [1.165, 1.54) is 12.1 Å². The third kappa shape index (κ3) is 2.59. The second kappa shape index (κ2) is 5.92. The molecule has 0 radical (unpaired) electrons. The normalized spacial score (nSPS) is 17.3. The van der Waals surface area contributed by atoms with Gasteiger partial charge in [0.2, 0.25) is 0 Å². The molecule has 2 aromatic carbocycles. The van der Waals surface area contributed by atoms with E-state index in [0.29, 0.717) is 5.56 Å². The zero-order valence-electron chi connectivity index (χ0n) is 14.9. The molecule has 2 aromatic rings. The molecule has 0 fully saturated rings. The molecular formula is C22H17O4Si-. The van der Waals surface area contributed by atoms with Crippen LogP contribution < -0.4 is 10.3 Å². The van der Waals surface area contributed by atoms with Crippen molar-refractivity contribution in [3.8, 4) is 5.75 Å². The Hall–Kier alpha value is -3.18. The number of fused-ring (bicyclic) bond motifs is 2. The fourth-order valence-electron chi connectivity index (χ4n) is 3.98. The Morgan fingerprint density at radius 3 is 2.52 bits per heavy atom. The van der Waals surface area contributed by atoms with Gasteiger partial charge in [0.05, 0.1) is 5.56 Å². The molecule has 0 atom stereocenters. The van der Waals surface area contributed by atoms with Crippen LogP contribution in [0.2, 0.25) is 13.1 Å². The minimum absolute atomic E-state index is 0.0816. The molecule has 5 heteroatoms. The number of carboxylic acids is 1. The van der Waals surface area contributed by atoms with Crippen molar-refractivity contribution in [1.29, 1.82) is 0 Å². The standard InChI is InChI=1S/C22H18O4Si/c1-27(2)19-11-13(23)7-9-17(19)21(18-10-8-14(24)12-20(18)27)15-5-3-4-6-16(15)22(25)26/h3-12,23H,1-2H3,(H,25,26)/p-1. The van der Waals surface area contributed by atoms with Crippen molar-refractivity contribution in [2.45, 2.75) is 13.1 Å². The first kappa shape index (κ1) is 17.2. The van der Waals surface area contributed by atoms with Gasteiger partial charge >= 0.3 is 5.97 Å². The zero-order valence-corrected chi connectivity index (χ0v) is 15.9. The highest BCUT2D eigenvalue weighted by molar-refractivity contribution is 6.98. The molecule has 1 aliphatic carbocycles. The molecule has 0 amide bonds. The van der Waals surface area contributed by atoms with E-state index in [9.17, 15) is 19.8 Å². The van der Waals surface area contributed by atoms with Crippen LogP contribution in [0.5, 0.6) is 5.75 Å². The molecule has 1 N–H and O–H groups in total. The first-order chi connectivity index (χ1) is 12.8. The molecule has 0 unspecified atom stereocenters. The van der Waals surface area contributed by atoms with Crippen molar-refractivity contribution in [3.63, 3.8) is 0 Å². The predicted molar refractivity (Wildman–Crippen MR) is 105 cm³/mol. The first-order valence-corrected chi connectivity index (χ1v) is 11.6. The van der Waals surface area contributed by atoms with Crippen molar-refractivity contribution in [2.75, 3.05) is 0 Å². The molecular weight excluding hydrogens is 356 g/mol. The minimum Gasteiger partial charge on any atom is -0.872 e. The third-order valence-corrected chi connectivity index (χ3v) is 8.81. The van der Waals surface area contributed by atoms with Crippen LogP contribution in [0.3, 0.4) is 0 Å². The first-order valence-electron chi connectivity index (χ1n) is 8.64. The van der Waals surface area contributed by atoms with Gasteiger partial charge in [0.1, 0.15) is 8.07 Å². The largest absolute Gasteiger partial charge is 0.872 e. The van der Waals surface area contributed by atoms with E-state index in [4.69, 9.17) is 0 Å². The molecule has 0 aromatic heterocycles. The number of rotatable bonds is 2. The number of carboxylic acid groups (broad SMARTS) is 1. The topological polar surface area (TPSA) is 77.4 Å². The van der Waals surface area contributed by atoms with Gasteiger partial charge in [-0.1, -0.05) is 55.6 Å². The lowest BCUT2D eigenvalue weighted by molar-refractivity contribution is -0.268. The number of ketones is 1. The molecule has 0 saturated carbocycles. The van der Waals surface area contributed by atoms with E-state index in [1.807, 2.05) is 0 Å². The SMILES string of the molecule is C[Si]1(C)C2=CC(=O)C=CC2=C(c2ccccc2C(=O)O)c2ccc([O-])cc21. The number of allylic oxidation sites excluding steroid dienone is 5. The number of benzene rings is 2. The lowest BCUT2D eigenvalue weighted by atomic mass is 9.87. The highest BCUT2D eigenvalue weighted by Crippen LogP contribution is 2.42. The molecule has 4 nitrogen and oxygen atoms in total. The molecule has 1 heterocycles. The summed E-state index contributed by atoms with van der Waals surface area (Å²) in [7, 11) is -2.28. The van der Waals surface area contributed by atoms with Crippen LogP contribution in [-0.4, -0.2) is 24.9 Å². The fraction of sp³-hybridized carbons (Fsp3) is 0.0909. The van der Waals surface area contributed by atoms with Crippen LogP contribution in [0, 0.1) is 0 Å². The quantitative estimate of drug-likeness (QED) is 0.821. The van der Waals surface area contributed by atoms with Gasteiger partial charge in [-0.05, 0) is 50.9 Å². The van der Waals surface area contributed by atoms with Gasteiger partial charge in [0.25, 0.3) is 0 Å². The van der Waals surface area contributed by atoms with Gasteiger partial charge in [0, 0.05) is 0 Å². The summed E-state index contributed by atoms with van der Waals surface area (Å²) in [5.74, 6) is -1.17. The Morgan fingerprint density at radius 2 is 1.78 bits per heavy atom. The lowest BCUT2D eigenvalue weighted by Crippen LogP contribution is -2.49. The van der Waals surface area contributed by atoms with Crippen LogP contribution in [0.1, 0.15) is 21.5 Å². The second-order valence-electron chi connectivity index (χ2n) is 7.27. The summed E-state index contributed by atoms with van der Waals surface area (Å²) in [6.45, 7) is 4.23. The Kier molecular flexibility index (Phi) is 3.78. The maximum absolute atomic E-state index is 12.1. The molecule has 134 valence electrons. The van der Waals surface area contributed by atoms with Crippen molar-refractivity contribution < 1.29 is 19.8 Å². The average molecular weight is 373 g/mol. The monoisotopic (exact) mass is 373 g/mol. The Labute approximate surface area is 157 Å². The predicted octanol–water partition coefficient (Wildman–Crippen LogP) is 2.79. The zero-order chi connectivity index (χ0) is 19.3. The van der Waals surface area contributed by atoms with Crippen LogP contribution in [0.15, 0.2) is 71.5 Å². The van der Waals surface area contributed by atoms with E-state index in [0.717, 1.165) is 27.1 Å². The Bertz CT molecular complexity index is 1100. The van der Waals surface area contributed by atoms with Crippen molar-refractivity contribution in [2.24, 2.45) is 0 Å². The summed E-state index contributed by atoms with van der Waals surface area (Å²) in [6, 6.07) is 11.8. The molecule has 27 heavy (non-hydrogen) atoms. The molecule has 2 aliphatic rings. The van der Waals surface area contributed by atoms with E-state index in [-0.39, 0.29) is 17.1 Å². The summed E-state index contributed by atoms with van der Waals surface area (Å²) in [4.78, 5) is 23.9. The second-order valence-corrected chi connectivity index (χ2v) is 11.6. The number of hydrogen-bond acceptors (Lipinski definition) is 3. The highest BCUT2D eigenvalue weighted by Gasteiger charge is 2.40. The van der Waals surface area contributed by atoms with Crippen LogP contribution in [0.25, 0.3) is 5.57 Å². The van der Waals surface area contributed by atoms with Crippen LogP contribution in [0.4, 0.5) is 0 Å². The maximum atomic E-state index is 12.1. The number of aromatic carboxylic acids is 1. The molecule has 0 bridgehead atoms. The highest BCUT2D eigenvalue weighted by atomic mass is 28.3. The van der Waals surface area contributed by atoms with E-state index < -0.39 is 14.0 Å². The van der Waals surface area contributed by atoms with Crippen molar-refractivity contribution in [1.82, 2.24) is 0 Å². The summed E-state index contributed by atoms with van der Waals surface area (Å²) in [5.41, 5.74) is 3.32. The molecule has 4 rings (SSSR count). The van der Waals surface area contributed by atoms with Gasteiger partial charge < -0.3 is 10.2 Å². The summed E-state index contributed by atoms with van der Waals surface area (Å²) in [6.07, 6.45) is 4.94. The minimum atomic E-state index is -2.28. The summed E-state index contributed by atoms with van der Waals surface area (Å²) < 4.78 is 0. The van der Waals surface area contributed by atoms with E-state index >= 15 is 0 Å². The van der Waals surface area contributed by atoms with Crippen LogP contribution in [-0.2, 0) is 4.79 Å². The van der Waals surface area contributed by atoms with Gasteiger partial charge in [-0.2, -0.15) is 0 Å². The Balaban J connectivity index is 2.15. The molecule has 1 aliphatic heterocycles. The number of hydrogen-bond donors (Lipinski definition) is 1. The van der Waals surface area contributed by atoms with Gasteiger partial charge in [-0.3, -0.25) is 4.79 Å². The maximum Gasteiger partial charge on any atom is 0.336 e. The lowest BCUT2D eigenvalue weighted by Gasteiger charge is -2.38. The van der Waals surface area contributed by atoms with E-state index in [2.05, 4.69) is 13.1 Å². The van der Waals surface area contributed by atoms with E-state index in [1.54, 1.807) is 48.6 Å². The number of carbonyl (C=O) groups is 2. The summed E-state index contributed by atoms with van der Waals surface area (Å²) in [5, 5.41) is 23.6. The van der Waals surface area contributed by atoms with Crippen LogP contribution >= 0.6 is 0 Å². The average Bonchev–Trinajstić information content (AvgIpc) is 2.63. The number of carbonyl (C=O) groups excluding carboxylic acids is 1. The van der Waals surface area contributed by atoms with Gasteiger partial charge in [-0.25, -0.2) is 4.79 Å².